The van der Waals surface area contributed by atoms with E-state index in [4.69, 9.17) is 9.15 Å². The maximum absolute atomic E-state index is 12.0. The standard InChI is InChI=1S/C15H24N2O3/c1-12-6-7-13(2)17(12)15(18)16-8-4-9-19-11-14-5-3-10-20-14/h3,5,10,12-13H,4,6-9,11H2,1-2H3,(H,16,18)/t12-,13+. The Labute approximate surface area is 120 Å². The zero-order valence-corrected chi connectivity index (χ0v) is 12.3. The van der Waals surface area contributed by atoms with Crippen molar-refractivity contribution in [2.75, 3.05) is 13.2 Å². The van der Waals surface area contributed by atoms with Gasteiger partial charge in [0.2, 0.25) is 0 Å². The van der Waals surface area contributed by atoms with Crippen molar-refractivity contribution >= 4 is 6.03 Å². The molecule has 5 nitrogen and oxygen atoms in total. The molecular weight excluding hydrogens is 256 g/mol. The Morgan fingerprint density at radius 3 is 2.85 bits per heavy atom. The molecule has 2 rings (SSSR count). The summed E-state index contributed by atoms with van der Waals surface area (Å²) in [6, 6.07) is 4.48. The van der Waals surface area contributed by atoms with Gasteiger partial charge < -0.3 is 19.4 Å². The minimum absolute atomic E-state index is 0.0496. The van der Waals surface area contributed by atoms with E-state index in [1.807, 2.05) is 17.0 Å². The summed E-state index contributed by atoms with van der Waals surface area (Å²) in [5, 5.41) is 2.96. The SMILES string of the molecule is C[C@@H]1CC[C@H](C)N1C(=O)NCCCOCc1ccco1. The average molecular weight is 280 g/mol. The largest absolute Gasteiger partial charge is 0.467 e. The number of carbonyl (C=O) groups excluding carboxylic acids is 1. The Morgan fingerprint density at radius 1 is 1.45 bits per heavy atom. The van der Waals surface area contributed by atoms with Crippen LogP contribution in [0, 0.1) is 0 Å². The number of hydrogen-bond donors (Lipinski definition) is 1. The number of rotatable bonds is 6. The second-order valence-corrected chi connectivity index (χ2v) is 5.40. The Bertz CT molecular complexity index is 395. The van der Waals surface area contributed by atoms with Crippen LogP contribution in [0.4, 0.5) is 4.79 Å². The number of furan rings is 1. The number of ether oxygens (including phenoxy) is 1. The summed E-state index contributed by atoms with van der Waals surface area (Å²) in [6.45, 7) is 5.96. The lowest BCUT2D eigenvalue weighted by molar-refractivity contribution is 0.104. The fraction of sp³-hybridized carbons (Fsp3) is 0.667. The molecule has 1 aliphatic heterocycles. The highest BCUT2D eigenvalue weighted by Crippen LogP contribution is 2.23. The van der Waals surface area contributed by atoms with Crippen LogP contribution in [-0.2, 0) is 11.3 Å². The first-order valence-electron chi connectivity index (χ1n) is 7.34. The third-order valence-electron chi connectivity index (χ3n) is 3.75. The van der Waals surface area contributed by atoms with E-state index in [1.54, 1.807) is 6.26 Å². The van der Waals surface area contributed by atoms with E-state index in [-0.39, 0.29) is 6.03 Å². The van der Waals surface area contributed by atoms with Gasteiger partial charge in [-0.05, 0) is 45.2 Å². The highest BCUT2D eigenvalue weighted by Gasteiger charge is 2.30. The van der Waals surface area contributed by atoms with Crippen molar-refractivity contribution in [1.29, 1.82) is 0 Å². The van der Waals surface area contributed by atoms with Crippen LogP contribution in [0.3, 0.4) is 0 Å². The molecule has 2 heterocycles. The van der Waals surface area contributed by atoms with Crippen LogP contribution in [0.2, 0.25) is 0 Å². The van der Waals surface area contributed by atoms with Gasteiger partial charge in [0.15, 0.2) is 0 Å². The number of likely N-dealkylation sites (tertiary alicyclic amines) is 1. The third kappa shape index (κ3) is 4.00. The van der Waals surface area contributed by atoms with Gasteiger partial charge in [-0.2, -0.15) is 0 Å². The predicted octanol–water partition coefficient (Wildman–Crippen LogP) is 2.77. The number of urea groups is 1. The lowest BCUT2D eigenvalue weighted by atomic mass is 10.2. The molecule has 1 aromatic heterocycles. The summed E-state index contributed by atoms with van der Waals surface area (Å²) >= 11 is 0. The predicted molar refractivity (Wildman–Crippen MR) is 76.4 cm³/mol. The molecular formula is C15H24N2O3. The number of hydrogen-bond acceptors (Lipinski definition) is 3. The zero-order chi connectivity index (χ0) is 14.4. The van der Waals surface area contributed by atoms with E-state index in [1.165, 1.54) is 0 Å². The first-order chi connectivity index (χ1) is 9.68. The number of carbonyl (C=O) groups is 1. The summed E-state index contributed by atoms with van der Waals surface area (Å²) in [4.78, 5) is 14.0. The Hall–Kier alpha value is -1.49. The van der Waals surface area contributed by atoms with E-state index >= 15 is 0 Å². The molecule has 2 atom stereocenters. The molecule has 0 aliphatic carbocycles. The molecule has 2 amide bonds. The molecule has 1 N–H and O–H groups in total. The van der Waals surface area contributed by atoms with Crippen LogP contribution in [0.1, 0.15) is 38.9 Å². The Balaban J connectivity index is 1.55. The van der Waals surface area contributed by atoms with Gasteiger partial charge in [0.1, 0.15) is 12.4 Å². The van der Waals surface area contributed by atoms with Crippen molar-refractivity contribution in [1.82, 2.24) is 10.2 Å². The Morgan fingerprint density at radius 2 is 2.20 bits per heavy atom. The van der Waals surface area contributed by atoms with Gasteiger partial charge in [-0.1, -0.05) is 0 Å². The molecule has 0 spiro atoms. The first kappa shape index (κ1) is 14.9. The van der Waals surface area contributed by atoms with Crippen molar-refractivity contribution in [2.24, 2.45) is 0 Å². The quantitative estimate of drug-likeness (QED) is 0.815. The summed E-state index contributed by atoms with van der Waals surface area (Å²) in [6.07, 6.45) is 4.64. The number of nitrogens with zero attached hydrogens (tertiary/aromatic N) is 1. The molecule has 5 heteroatoms. The van der Waals surface area contributed by atoms with Gasteiger partial charge >= 0.3 is 6.03 Å². The molecule has 0 saturated carbocycles. The number of amides is 2. The summed E-state index contributed by atoms with van der Waals surface area (Å²) in [7, 11) is 0. The fourth-order valence-corrected chi connectivity index (χ4v) is 2.62. The van der Waals surface area contributed by atoms with E-state index in [9.17, 15) is 4.79 Å². The molecule has 1 fully saturated rings. The molecule has 112 valence electrons. The molecule has 1 saturated heterocycles. The second-order valence-electron chi connectivity index (χ2n) is 5.40. The van der Waals surface area contributed by atoms with Gasteiger partial charge in [0, 0.05) is 25.2 Å². The highest BCUT2D eigenvalue weighted by molar-refractivity contribution is 5.75. The lowest BCUT2D eigenvalue weighted by Crippen LogP contribution is -2.45. The average Bonchev–Trinajstić information content (AvgIpc) is 3.04. The monoisotopic (exact) mass is 280 g/mol. The van der Waals surface area contributed by atoms with Crippen molar-refractivity contribution in [3.63, 3.8) is 0 Å². The van der Waals surface area contributed by atoms with E-state index < -0.39 is 0 Å². The lowest BCUT2D eigenvalue weighted by Gasteiger charge is -2.26. The van der Waals surface area contributed by atoms with Gasteiger partial charge in [-0.3, -0.25) is 0 Å². The minimum Gasteiger partial charge on any atom is -0.467 e. The smallest absolute Gasteiger partial charge is 0.317 e. The maximum atomic E-state index is 12.0. The van der Waals surface area contributed by atoms with Crippen LogP contribution in [0.25, 0.3) is 0 Å². The van der Waals surface area contributed by atoms with Crippen molar-refractivity contribution < 1.29 is 13.9 Å². The number of nitrogens with one attached hydrogen (secondary N) is 1. The molecule has 0 aromatic carbocycles. The van der Waals surface area contributed by atoms with E-state index in [0.717, 1.165) is 25.0 Å². The highest BCUT2D eigenvalue weighted by atomic mass is 16.5. The zero-order valence-electron chi connectivity index (χ0n) is 12.3. The van der Waals surface area contributed by atoms with Crippen LogP contribution in [0.5, 0.6) is 0 Å². The normalized spacial score (nSPS) is 22.2. The van der Waals surface area contributed by atoms with Gasteiger partial charge in [0.05, 0.1) is 6.26 Å². The van der Waals surface area contributed by atoms with Crippen LogP contribution in [-0.4, -0.2) is 36.2 Å². The topological polar surface area (TPSA) is 54.7 Å². The summed E-state index contributed by atoms with van der Waals surface area (Å²) in [5.41, 5.74) is 0. The van der Waals surface area contributed by atoms with Gasteiger partial charge in [-0.25, -0.2) is 4.79 Å². The van der Waals surface area contributed by atoms with Gasteiger partial charge in [-0.15, -0.1) is 0 Å². The van der Waals surface area contributed by atoms with Crippen molar-refractivity contribution in [3.05, 3.63) is 24.2 Å². The minimum atomic E-state index is 0.0496. The molecule has 1 aromatic rings. The van der Waals surface area contributed by atoms with Gasteiger partial charge in [0.25, 0.3) is 0 Å². The molecule has 1 aliphatic rings. The van der Waals surface area contributed by atoms with E-state index in [2.05, 4.69) is 19.2 Å². The summed E-state index contributed by atoms with van der Waals surface area (Å²) < 4.78 is 10.6. The fourth-order valence-electron chi connectivity index (χ4n) is 2.62. The van der Waals surface area contributed by atoms with Crippen molar-refractivity contribution in [2.45, 2.75) is 51.8 Å². The molecule has 0 unspecified atom stereocenters. The van der Waals surface area contributed by atoms with Crippen LogP contribution in [0.15, 0.2) is 22.8 Å². The third-order valence-corrected chi connectivity index (χ3v) is 3.75. The second kappa shape index (κ2) is 7.33. The molecule has 0 bridgehead atoms. The summed E-state index contributed by atoms with van der Waals surface area (Å²) in [5.74, 6) is 0.828. The molecule has 20 heavy (non-hydrogen) atoms. The maximum Gasteiger partial charge on any atom is 0.317 e. The van der Waals surface area contributed by atoms with Crippen molar-refractivity contribution in [3.8, 4) is 0 Å². The molecule has 0 radical (unpaired) electrons. The van der Waals surface area contributed by atoms with E-state index in [0.29, 0.717) is 31.8 Å². The van der Waals surface area contributed by atoms with Crippen LogP contribution < -0.4 is 5.32 Å². The van der Waals surface area contributed by atoms with Crippen LogP contribution >= 0.6 is 0 Å². The Kier molecular flexibility index (Phi) is 5.47. The first-order valence-corrected chi connectivity index (χ1v) is 7.34.